The van der Waals surface area contributed by atoms with Gasteiger partial charge in [0.1, 0.15) is 13.2 Å². The van der Waals surface area contributed by atoms with Crippen LogP contribution in [0.5, 0.6) is 0 Å². The summed E-state index contributed by atoms with van der Waals surface area (Å²) >= 11 is 0. The molecule has 0 aliphatic carbocycles. The van der Waals surface area contributed by atoms with Gasteiger partial charge < -0.3 is 15.3 Å². The van der Waals surface area contributed by atoms with E-state index < -0.39 is 19.0 Å². The van der Waals surface area contributed by atoms with E-state index in [4.69, 9.17) is 15.3 Å². The van der Waals surface area contributed by atoms with E-state index in [1.165, 1.54) is 0 Å². The first-order chi connectivity index (χ1) is 3.81. The highest BCUT2D eigenvalue weighted by Crippen LogP contribution is 1.59. The van der Waals surface area contributed by atoms with Gasteiger partial charge in [0.2, 0.25) is 0 Å². The van der Waals surface area contributed by atoms with Crippen LogP contribution in [0, 0.1) is 0 Å². The van der Waals surface area contributed by atoms with E-state index in [1.54, 1.807) is 0 Å². The molecule has 0 saturated carbocycles. The average molecular weight is 122 g/mol. The quantitative estimate of drug-likeness (QED) is 0.401. The Morgan fingerprint density at radius 1 is 1.25 bits per heavy atom. The zero-order valence-electron chi connectivity index (χ0n) is 4.66. The second-order valence-electron chi connectivity index (χ2n) is 0.855. The Bertz CT molecular complexity index is 46.0. The number of Topliss-reactive ketones (excluding diaryl/α,β-unsaturated/α-hetero) is 1. The Morgan fingerprint density at radius 3 is 1.50 bits per heavy atom. The minimum atomic E-state index is -0.559. The van der Waals surface area contributed by atoms with Crippen molar-refractivity contribution < 1.29 is 20.1 Å². The molecule has 0 unspecified atom stereocenters. The Hall–Kier alpha value is -0.450. The Labute approximate surface area is 47.4 Å². The predicted molar refractivity (Wildman–Crippen MR) is 27.3 cm³/mol. The minimum absolute atomic E-state index is 0.546. The van der Waals surface area contributed by atoms with Crippen molar-refractivity contribution in [3.63, 3.8) is 0 Å². The van der Waals surface area contributed by atoms with E-state index in [-0.39, 0.29) is 0 Å². The third kappa shape index (κ3) is 9.12. The monoisotopic (exact) mass is 122 g/mol. The van der Waals surface area contributed by atoms with Gasteiger partial charge >= 0.3 is 0 Å². The van der Waals surface area contributed by atoms with Crippen molar-refractivity contribution in [2.24, 2.45) is 0 Å². The maximum atomic E-state index is 9.68. The number of aliphatic hydroxyl groups is 3. The van der Waals surface area contributed by atoms with Crippen LogP contribution in [0.1, 0.15) is 0 Å². The Morgan fingerprint density at radius 2 is 1.50 bits per heavy atom. The number of hydrogen-bond donors (Lipinski definition) is 3. The minimum Gasteiger partial charge on any atom is -0.400 e. The van der Waals surface area contributed by atoms with Gasteiger partial charge in [0, 0.05) is 7.11 Å². The molecular weight excluding hydrogens is 112 g/mol. The molecule has 0 aromatic carbocycles. The van der Waals surface area contributed by atoms with E-state index in [0.29, 0.717) is 0 Å². The highest BCUT2D eigenvalue weighted by atomic mass is 16.3. The highest BCUT2D eigenvalue weighted by molar-refractivity contribution is 5.80. The van der Waals surface area contributed by atoms with Gasteiger partial charge in [-0.3, -0.25) is 4.79 Å². The number of carbonyl (C=O) groups is 1. The van der Waals surface area contributed by atoms with E-state index in [0.717, 1.165) is 7.11 Å². The molecule has 4 nitrogen and oxygen atoms in total. The molecule has 0 aromatic heterocycles. The lowest BCUT2D eigenvalue weighted by atomic mass is 10.5. The molecule has 8 heavy (non-hydrogen) atoms. The predicted octanol–water partition coefficient (Wildman–Crippen LogP) is -1.85. The van der Waals surface area contributed by atoms with E-state index >= 15 is 0 Å². The van der Waals surface area contributed by atoms with Crippen LogP contribution in [0.25, 0.3) is 0 Å². The molecule has 0 radical (unpaired) electrons. The fraction of sp³-hybridized carbons (Fsp3) is 0.750. The van der Waals surface area contributed by atoms with Gasteiger partial charge in [0.25, 0.3) is 0 Å². The summed E-state index contributed by atoms with van der Waals surface area (Å²) in [5.74, 6) is -0.546. The summed E-state index contributed by atoms with van der Waals surface area (Å²) in [5.41, 5.74) is 0. The topological polar surface area (TPSA) is 77.8 Å². The smallest absolute Gasteiger partial charge is 0.183 e. The number of hydrogen-bond acceptors (Lipinski definition) is 4. The van der Waals surface area contributed by atoms with Crippen LogP contribution in [0.2, 0.25) is 0 Å². The molecule has 0 heterocycles. The third-order valence-electron chi connectivity index (χ3n) is 0.353. The SMILES string of the molecule is CO.O=C(CO)CO. The largest absolute Gasteiger partial charge is 0.400 e. The molecule has 0 saturated heterocycles. The second-order valence-corrected chi connectivity index (χ2v) is 0.855. The molecule has 0 aliphatic rings. The van der Waals surface area contributed by atoms with Crippen molar-refractivity contribution in [2.45, 2.75) is 0 Å². The Kier molecular flexibility index (Phi) is 12.8. The molecular formula is C4H10O4. The summed E-state index contributed by atoms with van der Waals surface area (Å²) in [7, 11) is 1.00. The fourth-order valence-corrected chi connectivity index (χ4v) is 0.0500. The second kappa shape index (κ2) is 9.75. The van der Waals surface area contributed by atoms with Gasteiger partial charge in [-0.1, -0.05) is 0 Å². The van der Waals surface area contributed by atoms with Gasteiger partial charge in [0.15, 0.2) is 5.78 Å². The van der Waals surface area contributed by atoms with Crippen LogP contribution in [-0.2, 0) is 4.79 Å². The van der Waals surface area contributed by atoms with Gasteiger partial charge in [-0.15, -0.1) is 0 Å². The number of ketones is 1. The van der Waals surface area contributed by atoms with Gasteiger partial charge in [-0.2, -0.15) is 0 Å². The third-order valence-corrected chi connectivity index (χ3v) is 0.353. The van der Waals surface area contributed by atoms with Crippen molar-refractivity contribution >= 4 is 5.78 Å². The molecule has 0 fully saturated rings. The summed E-state index contributed by atoms with van der Waals surface area (Å²) in [6.45, 7) is -1.12. The average Bonchev–Trinajstić information content (AvgIpc) is 1.91. The Balaban J connectivity index is 0. The van der Waals surface area contributed by atoms with Crippen LogP contribution >= 0.6 is 0 Å². The van der Waals surface area contributed by atoms with Crippen molar-refractivity contribution in [2.75, 3.05) is 20.3 Å². The van der Waals surface area contributed by atoms with Crippen LogP contribution < -0.4 is 0 Å². The lowest BCUT2D eigenvalue weighted by molar-refractivity contribution is -0.124. The standard InChI is InChI=1S/C3H6O3.CH4O/c4-1-3(6)2-5;1-2/h4-5H,1-2H2;2H,1H3. The van der Waals surface area contributed by atoms with Crippen molar-refractivity contribution in [3.05, 3.63) is 0 Å². The van der Waals surface area contributed by atoms with E-state index in [9.17, 15) is 4.79 Å². The normalized spacial score (nSPS) is 7.00. The molecule has 0 rings (SSSR count). The van der Waals surface area contributed by atoms with Crippen LogP contribution in [0.4, 0.5) is 0 Å². The molecule has 50 valence electrons. The maximum absolute atomic E-state index is 9.68. The van der Waals surface area contributed by atoms with Gasteiger partial charge in [-0.05, 0) is 0 Å². The molecule has 0 bridgehead atoms. The fourth-order valence-electron chi connectivity index (χ4n) is 0.0500. The summed E-state index contributed by atoms with van der Waals surface area (Å²) in [6.07, 6.45) is 0. The van der Waals surface area contributed by atoms with E-state index in [1.807, 2.05) is 0 Å². The first-order valence-electron chi connectivity index (χ1n) is 1.99. The lowest BCUT2D eigenvalue weighted by Crippen LogP contribution is -2.07. The molecule has 0 aromatic rings. The summed E-state index contributed by atoms with van der Waals surface area (Å²) in [6, 6.07) is 0. The molecule has 4 heteroatoms. The maximum Gasteiger partial charge on any atom is 0.183 e. The summed E-state index contributed by atoms with van der Waals surface area (Å²) in [5, 5.41) is 22.7. The van der Waals surface area contributed by atoms with Crippen molar-refractivity contribution in [1.29, 1.82) is 0 Å². The molecule has 3 N–H and O–H groups in total. The first kappa shape index (κ1) is 10.5. The van der Waals surface area contributed by atoms with Crippen LogP contribution in [0.15, 0.2) is 0 Å². The summed E-state index contributed by atoms with van der Waals surface area (Å²) in [4.78, 5) is 9.68. The lowest BCUT2D eigenvalue weighted by Gasteiger charge is -1.81. The van der Waals surface area contributed by atoms with Gasteiger partial charge in [-0.25, -0.2) is 0 Å². The molecule has 0 atom stereocenters. The highest BCUT2D eigenvalue weighted by Gasteiger charge is 1.89. The molecule has 0 aliphatic heterocycles. The molecule has 0 amide bonds. The van der Waals surface area contributed by atoms with Crippen molar-refractivity contribution in [3.8, 4) is 0 Å². The first-order valence-corrected chi connectivity index (χ1v) is 1.99. The number of aliphatic hydroxyl groups excluding tert-OH is 3. The van der Waals surface area contributed by atoms with Crippen LogP contribution in [0.3, 0.4) is 0 Å². The van der Waals surface area contributed by atoms with Gasteiger partial charge in [0.05, 0.1) is 0 Å². The van der Waals surface area contributed by atoms with E-state index in [2.05, 4.69) is 0 Å². The number of rotatable bonds is 2. The zero-order chi connectivity index (χ0) is 6.99. The summed E-state index contributed by atoms with van der Waals surface area (Å²) < 4.78 is 0. The number of carbonyl (C=O) groups excluding carboxylic acids is 1. The zero-order valence-corrected chi connectivity index (χ0v) is 4.66. The van der Waals surface area contributed by atoms with Crippen LogP contribution in [-0.4, -0.2) is 41.4 Å². The molecule has 0 spiro atoms. The van der Waals surface area contributed by atoms with Crippen molar-refractivity contribution in [1.82, 2.24) is 0 Å².